The first-order valence-electron chi connectivity index (χ1n) is 12.1. The van der Waals surface area contributed by atoms with Crippen LogP contribution in [0.2, 0.25) is 0 Å². The number of fused-ring (bicyclic) bond motifs is 2. The van der Waals surface area contributed by atoms with Crippen LogP contribution in [-0.2, 0) is 29.4 Å². The van der Waals surface area contributed by atoms with Crippen LogP contribution in [0.1, 0.15) is 37.2 Å². The van der Waals surface area contributed by atoms with Crippen molar-refractivity contribution in [3.63, 3.8) is 0 Å². The Hall–Kier alpha value is -3.32. The lowest BCUT2D eigenvalue weighted by atomic mass is 10.1. The fourth-order valence-corrected chi connectivity index (χ4v) is 5.77. The van der Waals surface area contributed by atoms with E-state index >= 15 is 0 Å². The molecule has 0 aliphatic carbocycles. The van der Waals surface area contributed by atoms with E-state index in [1.165, 1.54) is 15.4 Å². The summed E-state index contributed by atoms with van der Waals surface area (Å²) in [4.78, 5) is 5.26. The summed E-state index contributed by atoms with van der Waals surface area (Å²) >= 11 is 0. The maximum atomic E-state index is 13.1. The fraction of sp³-hybridized carbons (Fsp3) is 0.321. The van der Waals surface area contributed by atoms with Crippen LogP contribution in [0.5, 0.6) is 5.75 Å². The van der Waals surface area contributed by atoms with E-state index in [1.807, 2.05) is 24.3 Å². The predicted molar refractivity (Wildman–Crippen MR) is 140 cm³/mol. The van der Waals surface area contributed by atoms with Gasteiger partial charge >= 0.3 is 0 Å². The second-order valence-electron chi connectivity index (χ2n) is 9.54. The minimum absolute atomic E-state index is 0.270. The molecule has 7 heteroatoms. The molecule has 0 spiro atoms. The number of hydrogen-bond acceptors (Lipinski definition) is 4. The van der Waals surface area contributed by atoms with Crippen LogP contribution >= 0.6 is 0 Å². The topological polar surface area (TPSA) is 64.4 Å². The number of aryl methyl sites for hydroxylation is 1. The molecule has 4 aromatic rings. The van der Waals surface area contributed by atoms with Crippen molar-refractivity contribution in [3.05, 3.63) is 83.7 Å². The fourth-order valence-electron chi connectivity index (χ4n) is 4.56. The first kappa shape index (κ1) is 23.4. The quantitative estimate of drug-likeness (QED) is 0.331. The second kappa shape index (κ2) is 9.38. The van der Waals surface area contributed by atoms with Gasteiger partial charge in [0.15, 0.2) is 0 Å². The number of hydrogen-bond donors (Lipinski definition) is 0. The molecule has 1 aliphatic heterocycles. The number of benzene rings is 3. The molecule has 2 heterocycles. The van der Waals surface area contributed by atoms with Crippen LogP contribution < -0.4 is 9.04 Å². The van der Waals surface area contributed by atoms with Gasteiger partial charge in [-0.05, 0) is 59.9 Å². The summed E-state index contributed by atoms with van der Waals surface area (Å²) in [6, 6.07) is 20.6. The van der Waals surface area contributed by atoms with Crippen molar-refractivity contribution in [2.24, 2.45) is 5.92 Å². The molecule has 0 saturated carbocycles. The first-order chi connectivity index (χ1) is 16.8. The zero-order chi connectivity index (χ0) is 24.6. The second-order valence-corrected chi connectivity index (χ2v) is 11.5. The highest BCUT2D eigenvalue weighted by atomic mass is 32.2. The Morgan fingerprint density at radius 3 is 2.63 bits per heavy atom. The molecule has 3 aromatic carbocycles. The van der Waals surface area contributed by atoms with E-state index in [0.29, 0.717) is 18.0 Å². The Labute approximate surface area is 207 Å². The lowest BCUT2D eigenvalue weighted by Gasteiger charge is -2.19. The number of imidazole rings is 1. The largest absolute Gasteiger partial charge is 0.493 e. The zero-order valence-electron chi connectivity index (χ0n) is 20.4. The molecule has 0 bridgehead atoms. The average molecular weight is 490 g/mol. The van der Waals surface area contributed by atoms with E-state index in [2.05, 4.69) is 36.6 Å². The molecule has 0 N–H and O–H groups in total. The Kier molecular flexibility index (Phi) is 6.28. The zero-order valence-corrected chi connectivity index (χ0v) is 21.3. The van der Waals surface area contributed by atoms with E-state index in [9.17, 15) is 8.42 Å². The molecule has 1 aromatic heterocycles. The van der Waals surface area contributed by atoms with Crippen molar-refractivity contribution in [1.82, 2.24) is 9.55 Å². The van der Waals surface area contributed by atoms with E-state index in [1.54, 1.807) is 31.3 Å². The summed E-state index contributed by atoms with van der Waals surface area (Å²) in [6.07, 6.45) is 2.70. The van der Waals surface area contributed by atoms with Crippen molar-refractivity contribution >= 4 is 26.7 Å². The molecular formula is C28H31N3O3S. The first-order valence-corrected chi connectivity index (χ1v) is 13.5. The lowest BCUT2D eigenvalue weighted by Crippen LogP contribution is -2.26. The lowest BCUT2D eigenvalue weighted by molar-refractivity contribution is 0.357. The average Bonchev–Trinajstić information content (AvgIpc) is 3.46. The molecule has 0 atom stereocenters. The van der Waals surface area contributed by atoms with Gasteiger partial charge in [-0.25, -0.2) is 13.4 Å². The Morgan fingerprint density at radius 1 is 1.06 bits per heavy atom. The third-order valence-electron chi connectivity index (χ3n) is 6.62. The van der Waals surface area contributed by atoms with E-state index in [4.69, 9.17) is 9.72 Å². The molecule has 0 fully saturated rings. The standard InChI is InChI=1S/C28H31N3O3S/c1-20(2)13-15-31-26-11-10-23(30(3)35(32,33)24-7-5-4-6-8-24)19-25(26)29-28(31)18-21-9-12-27-22(17-21)14-16-34-27/h4-12,17,19-20H,13-16,18H2,1-3H3. The molecule has 5 rings (SSSR count). The monoisotopic (exact) mass is 489 g/mol. The van der Waals surface area contributed by atoms with E-state index < -0.39 is 10.0 Å². The van der Waals surface area contributed by atoms with Crippen molar-refractivity contribution in [2.75, 3.05) is 18.0 Å². The van der Waals surface area contributed by atoms with Crippen LogP contribution in [0.25, 0.3) is 11.0 Å². The van der Waals surface area contributed by atoms with Crippen LogP contribution in [0.15, 0.2) is 71.6 Å². The Bertz CT molecular complexity index is 1460. The third kappa shape index (κ3) is 4.65. The number of anilines is 1. The molecule has 1 aliphatic rings. The highest BCUT2D eigenvalue weighted by Crippen LogP contribution is 2.30. The van der Waals surface area contributed by atoms with Crippen LogP contribution in [0, 0.1) is 5.92 Å². The van der Waals surface area contributed by atoms with Crippen molar-refractivity contribution < 1.29 is 13.2 Å². The van der Waals surface area contributed by atoms with Crippen LogP contribution in [0.4, 0.5) is 5.69 Å². The maximum absolute atomic E-state index is 13.1. The minimum Gasteiger partial charge on any atom is -0.493 e. The van der Waals surface area contributed by atoms with Gasteiger partial charge in [-0.15, -0.1) is 0 Å². The van der Waals surface area contributed by atoms with E-state index in [0.717, 1.165) is 48.6 Å². The van der Waals surface area contributed by atoms with Gasteiger partial charge in [-0.3, -0.25) is 4.31 Å². The SMILES string of the molecule is CC(C)CCn1c(Cc2ccc3c(c2)CCO3)nc2cc(N(C)S(=O)(=O)c3ccccc3)ccc21. The van der Waals surface area contributed by atoms with Gasteiger partial charge < -0.3 is 9.30 Å². The van der Waals surface area contributed by atoms with Crippen LogP contribution in [-0.4, -0.2) is 31.6 Å². The van der Waals surface area contributed by atoms with Crippen molar-refractivity contribution in [1.29, 1.82) is 0 Å². The van der Waals surface area contributed by atoms with Crippen LogP contribution in [0.3, 0.4) is 0 Å². The highest BCUT2D eigenvalue weighted by Gasteiger charge is 2.22. The summed E-state index contributed by atoms with van der Waals surface area (Å²) < 4.78 is 35.6. The Balaban J connectivity index is 1.51. The molecule has 182 valence electrons. The van der Waals surface area contributed by atoms with E-state index in [-0.39, 0.29) is 4.90 Å². The van der Waals surface area contributed by atoms with Crippen molar-refractivity contribution in [3.8, 4) is 5.75 Å². The van der Waals surface area contributed by atoms with Gasteiger partial charge in [0.2, 0.25) is 0 Å². The number of sulfonamides is 1. The summed E-state index contributed by atoms with van der Waals surface area (Å²) in [7, 11) is -2.06. The van der Waals surface area contributed by atoms with Gasteiger partial charge in [0, 0.05) is 26.4 Å². The summed E-state index contributed by atoms with van der Waals surface area (Å²) in [5.74, 6) is 2.54. The van der Waals surface area contributed by atoms with Gasteiger partial charge in [0.25, 0.3) is 10.0 Å². The maximum Gasteiger partial charge on any atom is 0.264 e. The molecule has 6 nitrogen and oxygen atoms in total. The normalized spacial score (nSPS) is 13.3. The number of ether oxygens (including phenoxy) is 1. The highest BCUT2D eigenvalue weighted by molar-refractivity contribution is 7.92. The summed E-state index contributed by atoms with van der Waals surface area (Å²) in [5, 5.41) is 0. The van der Waals surface area contributed by atoms with Gasteiger partial charge in [-0.1, -0.05) is 44.2 Å². The molecule has 0 amide bonds. The smallest absolute Gasteiger partial charge is 0.264 e. The van der Waals surface area contributed by atoms with Gasteiger partial charge in [0.1, 0.15) is 11.6 Å². The summed E-state index contributed by atoms with van der Waals surface area (Å²) in [5.41, 5.74) is 4.89. The molecule has 0 unspecified atom stereocenters. The number of aromatic nitrogens is 2. The molecular weight excluding hydrogens is 458 g/mol. The number of nitrogens with zero attached hydrogens (tertiary/aromatic N) is 3. The molecule has 35 heavy (non-hydrogen) atoms. The molecule has 0 radical (unpaired) electrons. The summed E-state index contributed by atoms with van der Waals surface area (Å²) in [6.45, 7) is 6.06. The Morgan fingerprint density at radius 2 is 1.86 bits per heavy atom. The number of rotatable bonds is 8. The minimum atomic E-state index is -3.65. The van der Waals surface area contributed by atoms with Gasteiger partial charge in [0.05, 0.1) is 28.2 Å². The van der Waals surface area contributed by atoms with Gasteiger partial charge in [-0.2, -0.15) is 0 Å². The third-order valence-corrected chi connectivity index (χ3v) is 8.42. The predicted octanol–water partition coefficient (Wildman–Crippen LogP) is 5.43. The van der Waals surface area contributed by atoms with Crippen molar-refractivity contribution in [2.45, 2.75) is 44.6 Å². The molecule has 0 saturated heterocycles.